The number of ether oxygens (including phenoxy) is 1. The van der Waals surface area contributed by atoms with Crippen LogP contribution in [0.2, 0.25) is 0 Å². The average Bonchev–Trinajstić information content (AvgIpc) is 3.48. The minimum absolute atomic E-state index is 0.0482. The van der Waals surface area contributed by atoms with Crippen molar-refractivity contribution in [1.82, 2.24) is 10.2 Å². The number of benzene rings is 2. The molecule has 1 fully saturated rings. The average molecular weight is 582 g/mol. The van der Waals surface area contributed by atoms with E-state index in [0.717, 1.165) is 11.1 Å². The van der Waals surface area contributed by atoms with Crippen LogP contribution in [0.5, 0.6) is 5.75 Å². The molecule has 6 nitrogen and oxygen atoms in total. The van der Waals surface area contributed by atoms with Crippen molar-refractivity contribution in [2.75, 3.05) is 0 Å². The predicted octanol–water partition coefficient (Wildman–Crippen LogP) is 6.75. The molecular formula is C25H19Cl3N2O4S2. The quantitative estimate of drug-likeness (QED) is 0.144. The molecule has 1 aliphatic heterocycles. The highest BCUT2D eigenvalue weighted by molar-refractivity contribution is 8.26. The Morgan fingerprint density at radius 3 is 2.42 bits per heavy atom. The molecule has 0 saturated carbocycles. The molecule has 0 bridgehead atoms. The van der Waals surface area contributed by atoms with Gasteiger partial charge in [-0.1, -0.05) is 101 Å². The zero-order valence-electron chi connectivity index (χ0n) is 18.7. The molecular weight excluding hydrogens is 563 g/mol. The molecule has 2 heterocycles. The first-order chi connectivity index (χ1) is 17.1. The van der Waals surface area contributed by atoms with Crippen LogP contribution < -0.4 is 10.1 Å². The summed E-state index contributed by atoms with van der Waals surface area (Å²) in [5.41, 5.74) is 1.75. The molecule has 2 atom stereocenters. The second-order valence-corrected chi connectivity index (χ2v) is 11.7. The molecule has 0 spiro atoms. The van der Waals surface area contributed by atoms with Gasteiger partial charge in [0.1, 0.15) is 10.1 Å². The number of thioether (sulfide) groups is 1. The third kappa shape index (κ3) is 6.25. The maximum absolute atomic E-state index is 13.1. The Morgan fingerprint density at radius 1 is 1.11 bits per heavy atom. The van der Waals surface area contributed by atoms with Gasteiger partial charge >= 0.3 is 0 Å². The van der Waals surface area contributed by atoms with Crippen molar-refractivity contribution in [3.8, 4) is 5.75 Å². The van der Waals surface area contributed by atoms with Gasteiger partial charge in [-0.15, -0.1) is 0 Å². The minimum Gasteiger partial charge on any atom is -0.466 e. The van der Waals surface area contributed by atoms with E-state index in [-0.39, 0.29) is 17.7 Å². The van der Waals surface area contributed by atoms with E-state index in [0.29, 0.717) is 15.0 Å². The lowest BCUT2D eigenvalue weighted by molar-refractivity contribution is -0.123. The Bertz CT molecular complexity index is 1280. The molecule has 0 radical (unpaired) electrons. The zero-order chi connectivity index (χ0) is 25.9. The highest BCUT2D eigenvalue weighted by Crippen LogP contribution is 2.38. The largest absolute Gasteiger partial charge is 0.466 e. The first-order valence-corrected chi connectivity index (χ1v) is 13.0. The maximum atomic E-state index is 13.1. The molecule has 2 amide bonds. The van der Waals surface area contributed by atoms with E-state index in [1.54, 1.807) is 41.3 Å². The van der Waals surface area contributed by atoms with Crippen molar-refractivity contribution < 1.29 is 18.7 Å². The van der Waals surface area contributed by atoms with Crippen molar-refractivity contribution in [1.29, 1.82) is 0 Å². The number of alkyl halides is 3. The fourth-order valence-electron chi connectivity index (χ4n) is 3.40. The van der Waals surface area contributed by atoms with Gasteiger partial charge in [0.25, 0.3) is 11.8 Å². The van der Waals surface area contributed by atoms with Gasteiger partial charge in [-0.2, -0.15) is 0 Å². The van der Waals surface area contributed by atoms with Crippen molar-refractivity contribution in [3.05, 3.63) is 94.8 Å². The van der Waals surface area contributed by atoms with Gasteiger partial charge in [0.05, 0.1) is 17.2 Å². The van der Waals surface area contributed by atoms with Gasteiger partial charge in [-0.3, -0.25) is 14.5 Å². The molecule has 36 heavy (non-hydrogen) atoms. The maximum Gasteiger partial charge on any atom is 0.289 e. The smallest absolute Gasteiger partial charge is 0.289 e. The Kier molecular flexibility index (Phi) is 8.32. The first-order valence-electron chi connectivity index (χ1n) is 10.6. The molecule has 3 aromatic rings. The van der Waals surface area contributed by atoms with Gasteiger partial charge in [0.15, 0.2) is 5.76 Å². The summed E-state index contributed by atoms with van der Waals surface area (Å²) in [6.45, 7) is 1.95. The number of carbonyl (C=O) groups is 2. The van der Waals surface area contributed by atoms with Crippen LogP contribution in [0.25, 0.3) is 6.08 Å². The van der Waals surface area contributed by atoms with Crippen LogP contribution in [-0.4, -0.2) is 31.1 Å². The number of amides is 2. The molecule has 186 valence electrons. The number of halogens is 3. The number of furan rings is 1. The van der Waals surface area contributed by atoms with Crippen molar-refractivity contribution in [2.24, 2.45) is 0 Å². The molecule has 1 aliphatic rings. The van der Waals surface area contributed by atoms with E-state index >= 15 is 0 Å². The van der Waals surface area contributed by atoms with Crippen LogP contribution in [0.1, 0.15) is 34.6 Å². The number of nitrogens with one attached hydrogen (secondary N) is 1. The van der Waals surface area contributed by atoms with Gasteiger partial charge in [0.2, 0.25) is 10.0 Å². The van der Waals surface area contributed by atoms with Crippen LogP contribution in [0.15, 0.2) is 82.3 Å². The van der Waals surface area contributed by atoms with Gasteiger partial charge in [0, 0.05) is 0 Å². The molecule has 1 N–H and O–H groups in total. The van der Waals surface area contributed by atoms with Crippen LogP contribution in [0, 0.1) is 0 Å². The van der Waals surface area contributed by atoms with Crippen molar-refractivity contribution in [2.45, 2.75) is 23.0 Å². The summed E-state index contributed by atoms with van der Waals surface area (Å²) in [5, 5.41) is 2.49. The molecule has 2 aromatic carbocycles. The summed E-state index contributed by atoms with van der Waals surface area (Å²) in [6, 6.07) is 19.3. The fraction of sp³-hybridized carbons (Fsp3) is 0.160. The van der Waals surface area contributed by atoms with E-state index < -0.39 is 15.9 Å². The second-order valence-electron chi connectivity index (χ2n) is 7.70. The van der Waals surface area contributed by atoms with Crippen LogP contribution >= 0.6 is 58.8 Å². The predicted molar refractivity (Wildman–Crippen MR) is 147 cm³/mol. The SMILES string of the molecule is C[C@@H](c1ccccc1)N1C(=O)/C(=C/c2ccc(O[C@@H](NC(=O)c3ccco3)C(Cl)(Cl)Cl)cc2)SC1=S. The third-order valence-electron chi connectivity index (χ3n) is 5.23. The van der Waals surface area contributed by atoms with E-state index in [1.165, 1.54) is 24.1 Å². The summed E-state index contributed by atoms with van der Waals surface area (Å²) < 4.78 is 9.32. The summed E-state index contributed by atoms with van der Waals surface area (Å²) in [7, 11) is 0. The standard InChI is InChI=1S/C25H19Cl3N2O4S2/c1-15(17-6-3-2-4-7-17)30-22(32)20(36-24(30)35)14-16-9-11-18(12-10-16)34-23(25(26,27)28)29-21(31)19-8-5-13-33-19/h2-15,23H,1H3,(H,29,31)/b20-14-/t15-,23+/m0/s1. The highest BCUT2D eigenvalue weighted by atomic mass is 35.6. The minimum atomic E-state index is -1.95. The van der Waals surface area contributed by atoms with E-state index in [1.807, 2.05) is 37.3 Å². The fourth-order valence-corrected chi connectivity index (χ4v) is 5.12. The number of hydrogen-bond acceptors (Lipinski definition) is 6. The third-order valence-corrected chi connectivity index (χ3v) is 7.15. The Labute approximate surface area is 232 Å². The topological polar surface area (TPSA) is 71.8 Å². The molecule has 1 saturated heterocycles. The van der Waals surface area contributed by atoms with Crippen LogP contribution in [0.3, 0.4) is 0 Å². The summed E-state index contributed by atoms with van der Waals surface area (Å²) in [5.74, 6) is -0.362. The Balaban J connectivity index is 1.46. The van der Waals surface area contributed by atoms with Crippen LogP contribution in [0.4, 0.5) is 0 Å². The Morgan fingerprint density at radius 2 is 1.81 bits per heavy atom. The monoisotopic (exact) mass is 580 g/mol. The summed E-state index contributed by atoms with van der Waals surface area (Å²) >= 11 is 24.8. The zero-order valence-corrected chi connectivity index (χ0v) is 22.6. The lowest BCUT2D eigenvalue weighted by atomic mass is 10.1. The van der Waals surface area contributed by atoms with Crippen molar-refractivity contribution >= 4 is 81.0 Å². The summed E-state index contributed by atoms with van der Waals surface area (Å²) in [4.78, 5) is 27.5. The highest BCUT2D eigenvalue weighted by Gasteiger charge is 2.37. The molecule has 0 unspecified atom stereocenters. The van der Waals surface area contributed by atoms with Gasteiger partial charge in [-0.25, -0.2) is 0 Å². The van der Waals surface area contributed by atoms with E-state index in [4.69, 9.17) is 56.2 Å². The number of hydrogen-bond donors (Lipinski definition) is 1. The number of rotatable bonds is 7. The Hall–Kier alpha value is -2.49. The number of carbonyl (C=O) groups excluding carboxylic acids is 2. The summed E-state index contributed by atoms with van der Waals surface area (Å²) in [6.07, 6.45) is 1.82. The second kappa shape index (κ2) is 11.3. The lowest BCUT2D eigenvalue weighted by Crippen LogP contribution is -2.47. The van der Waals surface area contributed by atoms with Gasteiger partial charge in [-0.05, 0) is 48.4 Å². The van der Waals surface area contributed by atoms with Crippen LogP contribution in [-0.2, 0) is 4.79 Å². The van der Waals surface area contributed by atoms with E-state index in [2.05, 4.69) is 5.32 Å². The molecule has 1 aromatic heterocycles. The molecule has 4 rings (SSSR count). The normalized spacial score (nSPS) is 16.8. The first kappa shape index (κ1) is 26.6. The molecule has 0 aliphatic carbocycles. The molecule has 11 heteroatoms. The lowest BCUT2D eigenvalue weighted by Gasteiger charge is -2.26. The van der Waals surface area contributed by atoms with Gasteiger partial charge < -0.3 is 14.5 Å². The number of thiocarbonyl (C=S) groups is 1. The van der Waals surface area contributed by atoms with E-state index in [9.17, 15) is 9.59 Å². The number of nitrogens with zero attached hydrogens (tertiary/aromatic N) is 1. The van der Waals surface area contributed by atoms with Crippen molar-refractivity contribution in [3.63, 3.8) is 0 Å².